The van der Waals surface area contributed by atoms with E-state index in [1.165, 1.54) is 54.1 Å². The van der Waals surface area contributed by atoms with Gasteiger partial charge in [0.05, 0.1) is 23.2 Å². The summed E-state index contributed by atoms with van der Waals surface area (Å²) in [6.45, 7) is 0.0437. The molecule has 0 radical (unpaired) electrons. The van der Waals surface area contributed by atoms with E-state index in [-0.39, 0.29) is 60.3 Å². The van der Waals surface area contributed by atoms with Gasteiger partial charge in [-0.3, -0.25) is 18.9 Å². The van der Waals surface area contributed by atoms with E-state index in [0.29, 0.717) is 10.9 Å². The smallest absolute Gasteiger partial charge is 0.410 e. The minimum Gasteiger partial charge on any atom is -0.410 e. The van der Waals surface area contributed by atoms with Crippen molar-refractivity contribution < 1.29 is 47.0 Å². The number of hydrogen-bond acceptors (Lipinski definition) is 6. The number of fused-ring (bicyclic) bond motifs is 1. The fourth-order valence-corrected chi connectivity index (χ4v) is 5.32. The van der Waals surface area contributed by atoms with Crippen LogP contribution < -0.4 is 15.4 Å². The molecular formula is C27H28ClF2N4O8P. The normalized spacial score (nSPS) is 16.7. The number of Topliss-reactive ketones (excluding diaryl/α,β-unsaturated/α-hetero) is 1. The van der Waals surface area contributed by atoms with E-state index in [2.05, 4.69) is 10.6 Å². The molecular weight excluding hydrogens is 613 g/mol. The lowest BCUT2D eigenvalue weighted by atomic mass is 10.1. The highest BCUT2D eigenvalue weighted by Crippen LogP contribution is 2.33. The minimum atomic E-state index is -4.32. The van der Waals surface area contributed by atoms with Gasteiger partial charge in [-0.25, -0.2) is 13.6 Å². The molecule has 1 aromatic heterocycles. The molecule has 1 aliphatic rings. The maximum absolute atomic E-state index is 14.5. The van der Waals surface area contributed by atoms with Crippen molar-refractivity contribution in [1.82, 2.24) is 20.1 Å². The molecule has 12 nitrogen and oxygen atoms in total. The van der Waals surface area contributed by atoms with Crippen LogP contribution in [-0.2, 0) is 27.2 Å². The standard InChI is InChI=1S/C27H28ClF2N4O8P/c1-15(35)20-13-33(22-10-18(5-6-19(20)22)42-27(38)31-7-8-43(39,40)41)14-24(36)34-12-17(29)9-23(34)26(37)32-11-16-3-2-4-21(28)25(16)30/h2-6,10,13,17,23H,7-9,11-12,14H2,1H3,(H,31,38)(H,32,37)(H2,39,40,41). The van der Waals surface area contributed by atoms with Gasteiger partial charge < -0.3 is 34.6 Å². The second kappa shape index (κ2) is 13.2. The van der Waals surface area contributed by atoms with Crippen LogP contribution in [0.5, 0.6) is 5.75 Å². The van der Waals surface area contributed by atoms with Crippen molar-refractivity contribution in [1.29, 1.82) is 0 Å². The molecule has 2 atom stereocenters. The molecule has 0 aliphatic carbocycles. The van der Waals surface area contributed by atoms with E-state index in [0.717, 1.165) is 4.90 Å². The number of ketones is 1. The van der Waals surface area contributed by atoms with Gasteiger partial charge in [0.1, 0.15) is 30.3 Å². The number of alkyl halides is 1. The van der Waals surface area contributed by atoms with Crippen molar-refractivity contribution in [3.05, 3.63) is 64.6 Å². The maximum Gasteiger partial charge on any atom is 0.412 e. The SMILES string of the molecule is CC(=O)c1cn(CC(=O)N2CC(F)CC2C(=O)NCc2cccc(Cl)c2F)c2cc(OC(=O)NCCP(=O)(O)O)ccc12. The number of carbonyl (C=O) groups excluding carboxylic acids is 4. The molecule has 1 saturated heterocycles. The van der Waals surface area contributed by atoms with Gasteiger partial charge in [0.15, 0.2) is 5.78 Å². The average Bonchev–Trinajstić information content (AvgIpc) is 3.49. The van der Waals surface area contributed by atoms with Crippen molar-refractivity contribution in [2.24, 2.45) is 0 Å². The van der Waals surface area contributed by atoms with Gasteiger partial charge in [0.2, 0.25) is 11.8 Å². The van der Waals surface area contributed by atoms with E-state index < -0.39 is 49.7 Å². The number of likely N-dealkylation sites (tertiary alicyclic amines) is 1. The lowest BCUT2D eigenvalue weighted by Gasteiger charge is -2.24. The number of aromatic nitrogens is 1. The Morgan fingerprint density at radius 1 is 1.16 bits per heavy atom. The van der Waals surface area contributed by atoms with Crippen LogP contribution in [-0.4, -0.2) is 74.4 Å². The fourth-order valence-electron chi connectivity index (χ4n) is 4.72. The molecule has 43 heavy (non-hydrogen) atoms. The number of benzene rings is 2. The van der Waals surface area contributed by atoms with Gasteiger partial charge >= 0.3 is 13.7 Å². The minimum absolute atomic E-state index is 0.0126. The van der Waals surface area contributed by atoms with Crippen molar-refractivity contribution in [2.45, 2.75) is 38.6 Å². The van der Waals surface area contributed by atoms with Crippen molar-refractivity contribution in [3.63, 3.8) is 0 Å². The maximum atomic E-state index is 14.5. The largest absolute Gasteiger partial charge is 0.412 e. The molecule has 0 saturated carbocycles. The average molecular weight is 641 g/mol. The topological polar surface area (TPSA) is 167 Å². The molecule has 230 valence electrons. The van der Waals surface area contributed by atoms with Crippen LogP contribution in [0.4, 0.5) is 13.6 Å². The number of ether oxygens (including phenoxy) is 1. The Bertz CT molecular complexity index is 1630. The summed E-state index contributed by atoms with van der Waals surface area (Å²) in [5, 5.41) is 5.06. The summed E-state index contributed by atoms with van der Waals surface area (Å²) >= 11 is 5.78. The van der Waals surface area contributed by atoms with E-state index >= 15 is 0 Å². The lowest BCUT2D eigenvalue weighted by Crippen LogP contribution is -2.46. The molecule has 2 aromatic carbocycles. The predicted molar refractivity (Wildman–Crippen MR) is 151 cm³/mol. The van der Waals surface area contributed by atoms with E-state index in [1.54, 1.807) is 0 Å². The first kappa shape index (κ1) is 32.1. The number of nitrogens with one attached hydrogen (secondary N) is 2. The zero-order valence-electron chi connectivity index (χ0n) is 22.8. The highest BCUT2D eigenvalue weighted by molar-refractivity contribution is 7.51. The molecule has 3 aromatic rings. The third-order valence-electron chi connectivity index (χ3n) is 6.78. The molecule has 2 heterocycles. The van der Waals surface area contributed by atoms with Crippen LogP contribution in [0.2, 0.25) is 5.02 Å². The highest BCUT2D eigenvalue weighted by Gasteiger charge is 2.39. The van der Waals surface area contributed by atoms with Crippen LogP contribution in [0.1, 0.15) is 29.3 Å². The number of hydrogen-bond donors (Lipinski definition) is 4. The first-order chi connectivity index (χ1) is 20.2. The van der Waals surface area contributed by atoms with Gasteiger partial charge in [-0.2, -0.15) is 0 Å². The first-order valence-electron chi connectivity index (χ1n) is 13.0. The Morgan fingerprint density at radius 2 is 1.91 bits per heavy atom. The van der Waals surface area contributed by atoms with Crippen LogP contribution in [0.15, 0.2) is 42.6 Å². The zero-order chi connectivity index (χ0) is 31.5. The second-order valence-corrected chi connectivity index (χ2v) is 12.1. The summed E-state index contributed by atoms with van der Waals surface area (Å²) in [5.74, 6) is -2.29. The monoisotopic (exact) mass is 640 g/mol. The Hall–Kier alpha value is -3.84. The molecule has 2 unspecified atom stereocenters. The molecule has 0 bridgehead atoms. The number of nitrogens with zero attached hydrogens (tertiary/aromatic N) is 2. The van der Waals surface area contributed by atoms with Gasteiger partial charge in [-0.1, -0.05) is 23.7 Å². The van der Waals surface area contributed by atoms with Crippen molar-refractivity contribution >= 4 is 53.8 Å². The van der Waals surface area contributed by atoms with E-state index in [1.807, 2.05) is 0 Å². The Labute approximate surface area is 249 Å². The van der Waals surface area contributed by atoms with E-state index in [9.17, 15) is 32.5 Å². The van der Waals surface area contributed by atoms with Crippen LogP contribution in [0, 0.1) is 5.82 Å². The van der Waals surface area contributed by atoms with Gasteiger partial charge in [0.25, 0.3) is 0 Å². The second-order valence-electron chi connectivity index (χ2n) is 9.94. The quantitative estimate of drug-likeness (QED) is 0.194. The lowest BCUT2D eigenvalue weighted by molar-refractivity contribution is -0.139. The molecule has 0 spiro atoms. The molecule has 3 amide bonds. The van der Waals surface area contributed by atoms with Crippen LogP contribution in [0.25, 0.3) is 10.9 Å². The highest BCUT2D eigenvalue weighted by atomic mass is 35.5. The fraction of sp³-hybridized carbons (Fsp3) is 0.333. The number of amides is 3. The number of halogens is 3. The molecule has 4 rings (SSSR count). The van der Waals surface area contributed by atoms with Gasteiger partial charge in [-0.15, -0.1) is 0 Å². The summed E-state index contributed by atoms with van der Waals surface area (Å²) in [6, 6.07) is 7.45. The summed E-state index contributed by atoms with van der Waals surface area (Å²) in [4.78, 5) is 69.6. The van der Waals surface area contributed by atoms with Crippen molar-refractivity contribution in [3.8, 4) is 5.75 Å². The molecule has 16 heteroatoms. The summed E-state index contributed by atoms with van der Waals surface area (Å²) in [5.41, 5.74) is 0.716. The summed E-state index contributed by atoms with van der Waals surface area (Å²) < 4.78 is 46.2. The third-order valence-corrected chi connectivity index (χ3v) is 7.88. The molecule has 1 fully saturated rings. The summed E-state index contributed by atoms with van der Waals surface area (Å²) in [6.07, 6.45) is -1.86. The predicted octanol–water partition coefficient (Wildman–Crippen LogP) is 3.16. The third kappa shape index (κ3) is 7.96. The molecule has 1 aliphatic heterocycles. The summed E-state index contributed by atoms with van der Waals surface area (Å²) in [7, 11) is -4.32. The Kier molecular flexibility index (Phi) is 9.86. The Balaban J connectivity index is 1.50. The van der Waals surface area contributed by atoms with Gasteiger partial charge in [0, 0.05) is 48.3 Å². The van der Waals surface area contributed by atoms with Crippen LogP contribution in [0.3, 0.4) is 0 Å². The molecule has 4 N–H and O–H groups in total. The van der Waals surface area contributed by atoms with E-state index in [4.69, 9.17) is 26.1 Å². The first-order valence-corrected chi connectivity index (χ1v) is 15.2. The van der Waals surface area contributed by atoms with Crippen LogP contribution >= 0.6 is 19.2 Å². The van der Waals surface area contributed by atoms with Crippen molar-refractivity contribution in [2.75, 3.05) is 19.3 Å². The number of carbonyl (C=O) groups is 4. The zero-order valence-corrected chi connectivity index (χ0v) is 24.4. The number of rotatable bonds is 10. The van der Waals surface area contributed by atoms with Gasteiger partial charge in [-0.05, 0) is 25.1 Å². The Morgan fingerprint density at radius 3 is 2.60 bits per heavy atom.